The maximum Gasteiger partial charge on any atom is 0.337 e. The van der Waals surface area contributed by atoms with Gasteiger partial charge in [-0.2, -0.15) is 0 Å². The quantitative estimate of drug-likeness (QED) is 0.367. The first-order valence-electron chi connectivity index (χ1n) is 8.58. The first-order valence-corrected chi connectivity index (χ1v) is 9.80. The molecule has 1 fully saturated rings. The van der Waals surface area contributed by atoms with Crippen molar-refractivity contribution in [1.82, 2.24) is 4.90 Å². The molecule has 0 spiro atoms. The second-order valence-corrected chi connectivity index (χ2v) is 7.95. The number of hydrogen-bond acceptors (Lipinski definition) is 6. The molecular formula is C20H15FN2O5S2. The molecule has 0 aliphatic carbocycles. The number of carboxylic acid groups (broad SMARTS) is 1. The minimum Gasteiger partial charge on any atom is -0.508 e. The van der Waals surface area contributed by atoms with E-state index < -0.39 is 29.6 Å². The number of aromatic hydroxyl groups is 1. The van der Waals surface area contributed by atoms with Crippen LogP contribution in [-0.4, -0.2) is 43.3 Å². The van der Waals surface area contributed by atoms with Gasteiger partial charge >= 0.3 is 5.97 Å². The second kappa shape index (κ2) is 8.64. The number of benzene rings is 2. The average Bonchev–Trinajstić information content (AvgIpc) is 2.97. The van der Waals surface area contributed by atoms with Crippen molar-refractivity contribution >= 4 is 57.8 Å². The number of phenols is 1. The highest BCUT2D eigenvalue weighted by molar-refractivity contribution is 8.26. The minimum atomic E-state index is -1.34. The lowest BCUT2D eigenvalue weighted by Gasteiger charge is -2.22. The van der Waals surface area contributed by atoms with E-state index >= 15 is 0 Å². The van der Waals surface area contributed by atoms with Gasteiger partial charge in [-0.1, -0.05) is 42.2 Å². The number of thioether (sulfide) groups is 1. The Morgan fingerprint density at radius 3 is 2.63 bits per heavy atom. The molecule has 0 bridgehead atoms. The molecule has 154 valence electrons. The first-order chi connectivity index (χ1) is 14.2. The van der Waals surface area contributed by atoms with E-state index in [1.807, 2.05) is 0 Å². The Morgan fingerprint density at radius 1 is 1.27 bits per heavy atom. The molecule has 0 unspecified atom stereocenters. The molecule has 0 aromatic heterocycles. The van der Waals surface area contributed by atoms with E-state index in [9.17, 15) is 29.0 Å². The fourth-order valence-electron chi connectivity index (χ4n) is 2.72. The predicted molar refractivity (Wildman–Crippen MR) is 115 cm³/mol. The summed E-state index contributed by atoms with van der Waals surface area (Å²) in [7, 11) is 0. The molecule has 3 N–H and O–H groups in total. The molecule has 1 saturated heterocycles. The topological polar surface area (TPSA) is 107 Å². The number of thiocarbonyl (C=S) groups is 1. The number of carbonyl (C=O) groups excluding carboxylic acids is 2. The highest BCUT2D eigenvalue weighted by Crippen LogP contribution is 2.34. The van der Waals surface area contributed by atoms with E-state index in [1.54, 1.807) is 6.07 Å². The predicted octanol–water partition coefficient (Wildman–Crippen LogP) is 3.46. The molecule has 1 aliphatic rings. The fourth-order valence-corrected chi connectivity index (χ4v) is 4.13. The molecule has 7 nitrogen and oxygen atoms in total. The number of nitrogens with zero attached hydrogens (tertiary/aromatic N) is 1. The highest BCUT2D eigenvalue weighted by atomic mass is 32.2. The highest BCUT2D eigenvalue weighted by Gasteiger charge is 2.38. The fraction of sp³-hybridized carbons (Fsp3) is 0.100. The van der Waals surface area contributed by atoms with Crippen molar-refractivity contribution in [2.45, 2.75) is 13.0 Å². The lowest BCUT2D eigenvalue weighted by molar-refractivity contribution is -0.129. The van der Waals surface area contributed by atoms with Crippen LogP contribution in [0.25, 0.3) is 6.08 Å². The van der Waals surface area contributed by atoms with E-state index in [0.717, 1.165) is 22.7 Å². The summed E-state index contributed by atoms with van der Waals surface area (Å²) in [4.78, 5) is 38.0. The van der Waals surface area contributed by atoms with Crippen LogP contribution >= 0.6 is 24.0 Å². The summed E-state index contributed by atoms with van der Waals surface area (Å²) < 4.78 is 14.0. The van der Waals surface area contributed by atoms with Gasteiger partial charge in [-0.05, 0) is 37.3 Å². The van der Waals surface area contributed by atoms with Crippen LogP contribution < -0.4 is 5.32 Å². The van der Waals surface area contributed by atoms with Crippen LogP contribution in [0.1, 0.15) is 22.8 Å². The summed E-state index contributed by atoms with van der Waals surface area (Å²) in [5, 5.41) is 21.1. The monoisotopic (exact) mass is 446 g/mol. The summed E-state index contributed by atoms with van der Waals surface area (Å²) >= 11 is 6.16. The van der Waals surface area contributed by atoms with Gasteiger partial charge < -0.3 is 15.5 Å². The van der Waals surface area contributed by atoms with Gasteiger partial charge in [-0.25, -0.2) is 9.18 Å². The first kappa shape index (κ1) is 21.5. The number of nitrogens with one attached hydrogen (secondary N) is 1. The summed E-state index contributed by atoms with van der Waals surface area (Å²) in [6.45, 7) is 1.44. The van der Waals surface area contributed by atoms with Gasteiger partial charge in [0, 0.05) is 5.56 Å². The molecule has 0 radical (unpaired) electrons. The molecule has 2 aromatic rings. The molecular weight excluding hydrogens is 431 g/mol. The zero-order chi connectivity index (χ0) is 22.0. The third kappa shape index (κ3) is 4.34. The number of aromatic carboxylic acids is 1. The zero-order valence-corrected chi connectivity index (χ0v) is 17.1. The number of hydrogen-bond donors (Lipinski definition) is 3. The Kier molecular flexibility index (Phi) is 6.18. The molecule has 30 heavy (non-hydrogen) atoms. The summed E-state index contributed by atoms with van der Waals surface area (Å²) in [5.41, 5.74) is -0.129. The van der Waals surface area contributed by atoms with Gasteiger partial charge in [0.1, 0.15) is 21.9 Å². The Bertz CT molecular complexity index is 1100. The smallest absolute Gasteiger partial charge is 0.337 e. The Hall–Kier alpha value is -3.24. The van der Waals surface area contributed by atoms with Crippen LogP contribution in [-0.2, 0) is 9.59 Å². The standard InChI is InChI=1S/C20H15FN2O5S2/c1-10(17(25)22-15-7-6-12(24)9-13(15)19(27)28)23-18(26)16(30-20(23)29)8-11-4-2-3-5-14(11)21/h2-10,24H,1H3,(H,22,25)(H,27,28)/b16-8+/t10-/m0/s1. The van der Waals surface area contributed by atoms with E-state index in [-0.39, 0.29) is 31.8 Å². The third-order valence-electron chi connectivity index (χ3n) is 4.27. The van der Waals surface area contributed by atoms with Gasteiger partial charge in [0.05, 0.1) is 16.2 Å². The van der Waals surface area contributed by atoms with Crippen LogP contribution in [0, 0.1) is 5.82 Å². The Balaban J connectivity index is 1.82. The van der Waals surface area contributed by atoms with Crippen molar-refractivity contribution in [3.05, 3.63) is 64.3 Å². The Labute approximate surface area is 180 Å². The molecule has 10 heteroatoms. The maximum atomic E-state index is 13.9. The van der Waals surface area contributed by atoms with Gasteiger partial charge in [-0.15, -0.1) is 0 Å². The lowest BCUT2D eigenvalue weighted by atomic mass is 10.1. The lowest BCUT2D eigenvalue weighted by Crippen LogP contribution is -2.44. The van der Waals surface area contributed by atoms with Crippen LogP contribution in [0.3, 0.4) is 0 Å². The third-order valence-corrected chi connectivity index (χ3v) is 5.60. The number of anilines is 1. The molecule has 2 aromatic carbocycles. The number of carboxylic acids is 1. The van der Waals surface area contributed by atoms with Gasteiger partial charge in [0.2, 0.25) is 5.91 Å². The van der Waals surface area contributed by atoms with Crippen LogP contribution in [0.15, 0.2) is 47.4 Å². The second-order valence-electron chi connectivity index (χ2n) is 6.27. The summed E-state index contributed by atoms with van der Waals surface area (Å²) in [6, 6.07) is 8.34. The minimum absolute atomic E-state index is 0.0375. The molecule has 0 saturated carbocycles. The van der Waals surface area contributed by atoms with E-state index in [2.05, 4.69) is 5.32 Å². The number of amides is 2. The van der Waals surface area contributed by atoms with Gasteiger partial charge in [0.15, 0.2) is 0 Å². The van der Waals surface area contributed by atoms with Crippen molar-refractivity contribution in [1.29, 1.82) is 0 Å². The summed E-state index contributed by atoms with van der Waals surface area (Å²) in [5.74, 6) is -3.34. The normalized spacial score (nSPS) is 16.1. The number of phenolic OH excluding ortho intramolecular Hbond substituents is 1. The number of rotatable bonds is 5. The van der Waals surface area contributed by atoms with E-state index in [1.165, 1.54) is 43.3 Å². The molecule has 1 aliphatic heterocycles. The van der Waals surface area contributed by atoms with E-state index in [0.29, 0.717) is 0 Å². The van der Waals surface area contributed by atoms with Crippen molar-refractivity contribution in [3.8, 4) is 5.75 Å². The van der Waals surface area contributed by atoms with Crippen LogP contribution in [0.5, 0.6) is 5.75 Å². The molecule has 2 amide bonds. The molecule has 1 atom stereocenters. The average molecular weight is 446 g/mol. The number of halogens is 1. The van der Waals surface area contributed by atoms with E-state index in [4.69, 9.17) is 12.2 Å². The van der Waals surface area contributed by atoms with Crippen LogP contribution in [0.2, 0.25) is 0 Å². The summed E-state index contributed by atoms with van der Waals surface area (Å²) in [6.07, 6.45) is 1.36. The van der Waals surface area contributed by atoms with Gasteiger partial charge in [0.25, 0.3) is 5.91 Å². The van der Waals surface area contributed by atoms with Crippen molar-refractivity contribution < 1.29 is 29.0 Å². The van der Waals surface area contributed by atoms with Crippen molar-refractivity contribution in [2.24, 2.45) is 0 Å². The maximum absolute atomic E-state index is 13.9. The SMILES string of the molecule is C[C@@H](C(=O)Nc1ccc(O)cc1C(=O)O)N1C(=O)/C(=C\c2ccccc2F)SC1=S. The van der Waals surface area contributed by atoms with Gasteiger partial charge in [-0.3, -0.25) is 14.5 Å². The van der Waals surface area contributed by atoms with Crippen molar-refractivity contribution in [2.75, 3.05) is 5.32 Å². The van der Waals surface area contributed by atoms with Crippen molar-refractivity contribution in [3.63, 3.8) is 0 Å². The molecule has 3 rings (SSSR count). The Morgan fingerprint density at radius 2 is 1.97 bits per heavy atom. The zero-order valence-electron chi connectivity index (χ0n) is 15.5. The van der Waals surface area contributed by atoms with Crippen LogP contribution in [0.4, 0.5) is 10.1 Å². The molecule has 1 heterocycles. The number of carbonyl (C=O) groups is 3. The largest absolute Gasteiger partial charge is 0.508 e.